The number of ether oxygens (including phenoxy) is 3. The second-order valence-corrected chi connectivity index (χ2v) is 14.4. The molecule has 1 aromatic carbocycles. The Kier molecular flexibility index (Phi) is 20.5. The second-order valence-electron chi connectivity index (χ2n) is 13.3. The lowest BCUT2D eigenvalue weighted by molar-refractivity contribution is -0.283. The molecular formula is C35H52N6O16S. The molecule has 0 saturated carbocycles. The maximum Gasteiger partial charge on any atom is 0.326 e. The first-order valence-corrected chi connectivity index (χ1v) is 19.2. The minimum absolute atomic E-state index is 0.0176. The van der Waals surface area contributed by atoms with E-state index in [-0.39, 0.29) is 18.1 Å². The number of carboxylic acid groups (broad SMARTS) is 3. The molecule has 2 rings (SSSR count). The van der Waals surface area contributed by atoms with Crippen LogP contribution in [0.25, 0.3) is 0 Å². The van der Waals surface area contributed by atoms with E-state index in [0.29, 0.717) is 0 Å². The van der Waals surface area contributed by atoms with Crippen LogP contribution in [-0.2, 0) is 59.2 Å². The normalized spacial score (nSPS) is 22.1. The summed E-state index contributed by atoms with van der Waals surface area (Å²) in [6.07, 6.45) is -7.85. The fraction of sp³-hybridized carbons (Fsp3) is 0.600. The molecule has 5 amide bonds. The molecule has 12 N–H and O–H groups in total. The van der Waals surface area contributed by atoms with Crippen molar-refractivity contribution >= 4 is 59.2 Å². The van der Waals surface area contributed by atoms with Gasteiger partial charge in [-0.3, -0.25) is 33.6 Å². The molecule has 11 atom stereocenters. The average Bonchev–Trinajstić information content (AvgIpc) is 3.16. The van der Waals surface area contributed by atoms with Gasteiger partial charge in [-0.1, -0.05) is 30.3 Å². The van der Waals surface area contributed by atoms with Gasteiger partial charge >= 0.3 is 17.9 Å². The lowest BCUT2D eigenvalue weighted by atomic mass is 9.96. The van der Waals surface area contributed by atoms with Crippen LogP contribution in [0.2, 0.25) is 0 Å². The number of nitrogens with one attached hydrogen (secondary N) is 5. The number of aliphatic hydroxyl groups excluding tert-OH is 2. The number of thioether (sulfide) groups is 1. The van der Waals surface area contributed by atoms with Crippen LogP contribution in [0, 0.1) is 0 Å². The smallest absolute Gasteiger partial charge is 0.326 e. The van der Waals surface area contributed by atoms with Crippen molar-refractivity contribution < 1.29 is 78.1 Å². The average molecular weight is 845 g/mol. The molecule has 1 saturated heterocycles. The van der Waals surface area contributed by atoms with Gasteiger partial charge in [0, 0.05) is 24.9 Å². The summed E-state index contributed by atoms with van der Waals surface area (Å²) in [6, 6.07) is 0.726. The van der Waals surface area contributed by atoms with Gasteiger partial charge in [0.1, 0.15) is 60.7 Å². The largest absolute Gasteiger partial charge is 0.480 e. The van der Waals surface area contributed by atoms with Crippen LogP contribution in [0.15, 0.2) is 30.3 Å². The van der Waals surface area contributed by atoms with E-state index in [9.17, 15) is 53.7 Å². The molecule has 0 spiro atoms. The van der Waals surface area contributed by atoms with Crippen molar-refractivity contribution in [2.75, 3.05) is 18.1 Å². The lowest BCUT2D eigenvalue weighted by Crippen LogP contribution is -2.66. The van der Waals surface area contributed by atoms with Crippen molar-refractivity contribution in [3.8, 4) is 0 Å². The molecular weight excluding hydrogens is 792 g/mol. The number of aliphatic carboxylic acids is 3. The van der Waals surface area contributed by atoms with Gasteiger partial charge in [0.05, 0.1) is 13.2 Å². The number of carboxylic acids is 3. The summed E-state index contributed by atoms with van der Waals surface area (Å²) in [4.78, 5) is 98.1. The molecule has 1 aliphatic rings. The predicted octanol–water partition coefficient (Wildman–Crippen LogP) is -3.37. The van der Waals surface area contributed by atoms with Gasteiger partial charge in [0.2, 0.25) is 29.5 Å². The first-order chi connectivity index (χ1) is 27.2. The van der Waals surface area contributed by atoms with Gasteiger partial charge in [-0.25, -0.2) is 4.79 Å². The van der Waals surface area contributed by atoms with Crippen LogP contribution in [0.4, 0.5) is 0 Å². The molecule has 1 aliphatic heterocycles. The molecule has 0 bridgehead atoms. The zero-order valence-corrected chi connectivity index (χ0v) is 33.0. The molecule has 22 nitrogen and oxygen atoms in total. The fourth-order valence-electron chi connectivity index (χ4n) is 5.25. The summed E-state index contributed by atoms with van der Waals surface area (Å²) in [5.41, 5.74) is 6.22. The number of benzene rings is 1. The molecule has 324 valence electrons. The summed E-state index contributed by atoms with van der Waals surface area (Å²) in [5.74, 6) is -8.76. The van der Waals surface area contributed by atoms with Crippen molar-refractivity contribution in [2.45, 2.75) is 114 Å². The Morgan fingerprint density at radius 3 is 2.03 bits per heavy atom. The van der Waals surface area contributed by atoms with Crippen molar-refractivity contribution in [3.63, 3.8) is 0 Å². The molecule has 0 unspecified atom stereocenters. The minimum atomic E-state index is -1.66. The van der Waals surface area contributed by atoms with E-state index in [4.69, 9.17) is 30.2 Å². The van der Waals surface area contributed by atoms with Crippen LogP contribution in [0.5, 0.6) is 0 Å². The van der Waals surface area contributed by atoms with E-state index in [0.717, 1.165) is 17.3 Å². The summed E-state index contributed by atoms with van der Waals surface area (Å²) >= 11 is 0.892. The molecule has 0 aliphatic carbocycles. The van der Waals surface area contributed by atoms with Crippen molar-refractivity contribution in [1.29, 1.82) is 0 Å². The van der Waals surface area contributed by atoms with Gasteiger partial charge in [-0.05, 0) is 32.8 Å². The second kappa shape index (κ2) is 24.1. The summed E-state index contributed by atoms with van der Waals surface area (Å²) in [7, 11) is 0. The van der Waals surface area contributed by atoms with Gasteiger partial charge in [0.15, 0.2) is 6.29 Å². The van der Waals surface area contributed by atoms with Gasteiger partial charge in [-0.2, -0.15) is 11.8 Å². The number of rotatable bonds is 24. The molecule has 58 heavy (non-hydrogen) atoms. The highest BCUT2D eigenvalue weighted by atomic mass is 32.2. The maximum absolute atomic E-state index is 13.2. The lowest BCUT2D eigenvalue weighted by Gasteiger charge is -2.44. The van der Waals surface area contributed by atoms with E-state index in [1.807, 2.05) is 0 Å². The van der Waals surface area contributed by atoms with Crippen LogP contribution in [0.1, 0.15) is 46.1 Å². The Morgan fingerprint density at radius 2 is 1.47 bits per heavy atom. The Labute approximate surface area is 337 Å². The van der Waals surface area contributed by atoms with Gasteiger partial charge in [0.25, 0.3) is 0 Å². The maximum atomic E-state index is 13.2. The Balaban J connectivity index is 2.05. The zero-order chi connectivity index (χ0) is 43.7. The summed E-state index contributed by atoms with van der Waals surface area (Å²) < 4.78 is 17.5. The number of nitrogens with two attached hydrogens (primary N) is 1. The van der Waals surface area contributed by atoms with Crippen LogP contribution >= 0.6 is 11.8 Å². The number of aliphatic hydroxyl groups is 2. The van der Waals surface area contributed by atoms with E-state index in [1.54, 1.807) is 30.3 Å². The van der Waals surface area contributed by atoms with E-state index < -0.39 is 134 Å². The van der Waals surface area contributed by atoms with Crippen molar-refractivity contribution in [1.82, 2.24) is 26.6 Å². The number of hydrogen-bond acceptors (Lipinski definition) is 15. The molecule has 0 radical (unpaired) electrons. The molecule has 1 fully saturated rings. The molecule has 1 heterocycles. The molecule has 23 heteroatoms. The topological polar surface area (TPSA) is 352 Å². The van der Waals surface area contributed by atoms with Crippen LogP contribution in [-0.4, -0.2) is 158 Å². The number of carbonyl (C=O) groups excluding carboxylic acids is 5. The van der Waals surface area contributed by atoms with E-state index in [1.165, 1.54) is 27.7 Å². The SMILES string of the molecule is CC(=O)N[C@H]1[C@@H](OCc2ccccc2)O[C@H](CO)[C@@H](O)[C@@H]1O[C@H](C)C(=O)N[C@@H](C)C(=O)N[C@H](CCC(=O)N[C@H](CSC[C@H](N)C(=O)O)C(=O)N[C@H](C)C(=O)O)C(=O)O. The fourth-order valence-corrected chi connectivity index (χ4v) is 6.25. The van der Waals surface area contributed by atoms with E-state index >= 15 is 0 Å². The first-order valence-electron chi connectivity index (χ1n) is 18.0. The highest BCUT2D eigenvalue weighted by Gasteiger charge is 2.48. The quantitative estimate of drug-likeness (QED) is 0.0484. The number of amides is 5. The number of carbonyl (C=O) groups is 8. The Bertz CT molecular complexity index is 1590. The first kappa shape index (κ1) is 49.2. The van der Waals surface area contributed by atoms with Gasteiger partial charge < -0.3 is 72.1 Å². The van der Waals surface area contributed by atoms with Crippen molar-refractivity contribution in [3.05, 3.63) is 35.9 Å². The third kappa shape index (κ3) is 16.2. The predicted molar refractivity (Wildman–Crippen MR) is 201 cm³/mol. The third-order valence-electron chi connectivity index (χ3n) is 8.52. The van der Waals surface area contributed by atoms with E-state index in [2.05, 4.69) is 26.6 Å². The standard InChI is InChI=1S/C35H52N6O16S/c1-16(29(46)41-22(34(53)54)10-11-25(44)40-23(15-58-14-21(36)33(51)52)31(48)38-17(2)32(49)50)37-30(47)18(3)56-28-26(39-19(4)43)35(57-24(12-42)27(28)45)55-13-20-8-6-5-7-9-20/h5-9,16-18,21-24,26-28,35,42,45H,10-15,36H2,1-4H3,(H,37,47)(H,38,48)(H,39,43)(H,40,44)(H,41,46)(H,49,50)(H,51,52)(H,53,54)/t16-,17+,18+,21-,22+,23+,24+,26+,27+,28+,35-/m0/s1. The third-order valence-corrected chi connectivity index (χ3v) is 9.68. The van der Waals surface area contributed by atoms with Crippen LogP contribution < -0.4 is 32.3 Å². The highest BCUT2D eigenvalue weighted by Crippen LogP contribution is 2.26. The highest BCUT2D eigenvalue weighted by molar-refractivity contribution is 7.99. The molecule has 0 aromatic heterocycles. The monoisotopic (exact) mass is 844 g/mol. The summed E-state index contributed by atoms with van der Waals surface area (Å²) in [6.45, 7) is 4.24. The Hall–Kier alpha value is -4.91. The Morgan fingerprint density at radius 1 is 0.828 bits per heavy atom. The number of hydrogen-bond donors (Lipinski definition) is 11. The van der Waals surface area contributed by atoms with Gasteiger partial charge in [-0.15, -0.1) is 0 Å². The summed E-state index contributed by atoms with van der Waals surface area (Å²) in [5, 5.41) is 60.5. The molecule has 1 aromatic rings. The van der Waals surface area contributed by atoms with Crippen molar-refractivity contribution in [2.24, 2.45) is 5.73 Å². The van der Waals surface area contributed by atoms with Crippen LogP contribution in [0.3, 0.4) is 0 Å². The zero-order valence-electron chi connectivity index (χ0n) is 32.2. The minimum Gasteiger partial charge on any atom is -0.480 e.